The second-order valence-corrected chi connectivity index (χ2v) is 7.80. The fourth-order valence-corrected chi connectivity index (χ4v) is 2.79. The quantitative estimate of drug-likeness (QED) is 0.867. The molecule has 0 radical (unpaired) electrons. The lowest BCUT2D eigenvalue weighted by Crippen LogP contribution is -2.43. The normalized spacial score (nSPS) is 13.5. The average Bonchev–Trinajstić information content (AvgIpc) is 2.38. The molecule has 0 bridgehead atoms. The zero-order chi connectivity index (χ0) is 16.2. The molecule has 0 saturated heterocycles. The number of carbonyl (C=O) groups is 1. The minimum absolute atomic E-state index is 0.0101. The molecule has 1 aromatic carbocycles. The lowest BCUT2D eigenvalue weighted by molar-refractivity contribution is -0.122. The summed E-state index contributed by atoms with van der Waals surface area (Å²) in [6.07, 6.45) is 0. The van der Waals surface area contributed by atoms with Gasteiger partial charge in [-0.2, -0.15) is 4.31 Å². The highest BCUT2D eigenvalue weighted by molar-refractivity contribution is 7.89. The smallest absolute Gasteiger partial charge is 0.243 e. The van der Waals surface area contributed by atoms with Crippen LogP contribution in [0, 0.1) is 5.92 Å². The van der Waals surface area contributed by atoms with E-state index in [0.29, 0.717) is 5.02 Å². The lowest BCUT2D eigenvalue weighted by Gasteiger charge is -2.21. The van der Waals surface area contributed by atoms with Gasteiger partial charge < -0.3 is 5.32 Å². The van der Waals surface area contributed by atoms with Crippen molar-refractivity contribution < 1.29 is 13.2 Å². The Balaban J connectivity index is 2.76. The zero-order valence-electron chi connectivity index (χ0n) is 12.6. The van der Waals surface area contributed by atoms with Gasteiger partial charge in [0.2, 0.25) is 15.9 Å². The Bertz CT molecular complexity index is 585. The molecular formula is C14H21ClN2O3S. The third kappa shape index (κ3) is 4.98. The van der Waals surface area contributed by atoms with Crippen molar-refractivity contribution in [3.63, 3.8) is 0 Å². The van der Waals surface area contributed by atoms with Crippen molar-refractivity contribution in [2.75, 3.05) is 13.6 Å². The molecule has 0 aliphatic heterocycles. The Labute approximate surface area is 131 Å². The van der Waals surface area contributed by atoms with Crippen LogP contribution in [0.1, 0.15) is 20.8 Å². The van der Waals surface area contributed by atoms with Crippen molar-refractivity contribution in [3.05, 3.63) is 29.3 Å². The Morgan fingerprint density at radius 1 is 1.24 bits per heavy atom. The van der Waals surface area contributed by atoms with E-state index in [1.54, 1.807) is 0 Å². The second-order valence-electron chi connectivity index (χ2n) is 5.32. The van der Waals surface area contributed by atoms with Crippen LogP contribution in [0.15, 0.2) is 29.2 Å². The molecule has 0 spiro atoms. The van der Waals surface area contributed by atoms with Gasteiger partial charge in [-0.15, -0.1) is 0 Å². The van der Waals surface area contributed by atoms with Crippen molar-refractivity contribution in [1.82, 2.24) is 9.62 Å². The minimum Gasteiger partial charge on any atom is -0.352 e. The van der Waals surface area contributed by atoms with Crippen molar-refractivity contribution in [2.45, 2.75) is 31.7 Å². The number of halogens is 1. The monoisotopic (exact) mass is 332 g/mol. The molecule has 1 unspecified atom stereocenters. The number of benzene rings is 1. The molecular weight excluding hydrogens is 312 g/mol. The van der Waals surface area contributed by atoms with Gasteiger partial charge in [-0.3, -0.25) is 4.79 Å². The van der Waals surface area contributed by atoms with Crippen LogP contribution in [-0.2, 0) is 14.8 Å². The zero-order valence-corrected chi connectivity index (χ0v) is 14.2. The minimum atomic E-state index is -3.69. The first-order chi connectivity index (χ1) is 9.64. The van der Waals surface area contributed by atoms with Crippen LogP contribution in [0.2, 0.25) is 5.02 Å². The number of rotatable bonds is 6. The summed E-state index contributed by atoms with van der Waals surface area (Å²) in [4.78, 5) is 12.0. The van der Waals surface area contributed by atoms with Crippen LogP contribution in [0.3, 0.4) is 0 Å². The highest BCUT2D eigenvalue weighted by atomic mass is 35.5. The van der Waals surface area contributed by atoms with Gasteiger partial charge >= 0.3 is 0 Å². The first-order valence-electron chi connectivity index (χ1n) is 6.66. The van der Waals surface area contributed by atoms with Gasteiger partial charge in [-0.25, -0.2) is 8.42 Å². The highest BCUT2D eigenvalue weighted by Crippen LogP contribution is 2.17. The van der Waals surface area contributed by atoms with Crippen molar-refractivity contribution in [2.24, 2.45) is 5.92 Å². The highest BCUT2D eigenvalue weighted by Gasteiger charge is 2.23. The molecule has 0 aromatic heterocycles. The Kier molecular flexibility index (Phi) is 6.19. The number of sulfonamides is 1. The van der Waals surface area contributed by atoms with E-state index in [2.05, 4.69) is 5.32 Å². The summed E-state index contributed by atoms with van der Waals surface area (Å²) in [7, 11) is -2.31. The van der Waals surface area contributed by atoms with Crippen LogP contribution >= 0.6 is 11.6 Å². The summed E-state index contributed by atoms with van der Waals surface area (Å²) in [5.41, 5.74) is 0. The van der Waals surface area contributed by atoms with Gasteiger partial charge in [0.1, 0.15) is 0 Å². The summed E-state index contributed by atoms with van der Waals surface area (Å²) >= 11 is 5.74. The van der Waals surface area contributed by atoms with Crippen molar-refractivity contribution in [1.29, 1.82) is 0 Å². The van der Waals surface area contributed by atoms with Gasteiger partial charge in [-0.05, 0) is 37.1 Å². The van der Waals surface area contributed by atoms with Crippen LogP contribution in [-0.4, -0.2) is 38.3 Å². The second kappa shape index (κ2) is 7.24. The topological polar surface area (TPSA) is 66.5 Å². The van der Waals surface area contributed by atoms with E-state index in [1.807, 2.05) is 20.8 Å². The van der Waals surface area contributed by atoms with Crippen molar-refractivity contribution in [3.8, 4) is 0 Å². The molecule has 0 fully saturated rings. The summed E-state index contributed by atoms with van der Waals surface area (Å²) in [6.45, 7) is 5.64. The summed E-state index contributed by atoms with van der Waals surface area (Å²) in [6, 6.07) is 5.84. The fourth-order valence-electron chi connectivity index (χ4n) is 1.54. The third-order valence-corrected chi connectivity index (χ3v) is 5.35. The van der Waals surface area contributed by atoms with E-state index in [0.717, 1.165) is 4.31 Å². The molecule has 7 heteroatoms. The Hall–Kier alpha value is -1.11. The van der Waals surface area contributed by atoms with E-state index in [1.165, 1.54) is 31.3 Å². The molecule has 1 aromatic rings. The number of carbonyl (C=O) groups excluding carboxylic acids is 1. The molecule has 0 saturated carbocycles. The third-order valence-electron chi connectivity index (χ3n) is 3.28. The molecule has 0 heterocycles. The largest absolute Gasteiger partial charge is 0.352 e. The Morgan fingerprint density at radius 3 is 2.24 bits per heavy atom. The number of hydrogen-bond acceptors (Lipinski definition) is 3. The lowest BCUT2D eigenvalue weighted by atomic mass is 10.1. The fraction of sp³-hybridized carbons (Fsp3) is 0.500. The summed E-state index contributed by atoms with van der Waals surface area (Å²) in [5.74, 6) is -0.0385. The van der Waals surface area contributed by atoms with E-state index in [4.69, 9.17) is 11.6 Å². The molecule has 5 nitrogen and oxygen atoms in total. The van der Waals surface area contributed by atoms with E-state index in [-0.39, 0.29) is 29.3 Å². The molecule has 21 heavy (non-hydrogen) atoms. The Morgan fingerprint density at radius 2 is 1.76 bits per heavy atom. The van der Waals surface area contributed by atoms with Crippen LogP contribution < -0.4 is 5.32 Å². The number of nitrogens with zero attached hydrogens (tertiary/aromatic N) is 1. The molecule has 118 valence electrons. The molecule has 0 aliphatic rings. The van der Waals surface area contributed by atoms with Crippen LogP contribution in [0.25, 0.3) is 0 Å². The predicted molar refractivity (Wildman–Crippen MR) is 83.7 cm³/mol. The maximum atomic E-state index is 12.3. The summed E-state index contributed by atoms with van der Waals surface area (Å²) in [5, 5.41) is 3.24. The maximum absolute atomic E-state index is 12.3. The van der Waals surface area contributed by atoms with E-state index in [9.17, 15) is 13.2 Å². The first kappa shape index (κ1) is 17.9. The van der Waals surface area contributed by atoms with Crippen LogP contribution in [0.4, 0.5) is 0 Å². The number of amides is 1. The van der Waals surface area contributed by atoms with Gasteiger partial charge in [-0.1, -0.05) is 25.4 Å². The van der Waals surface area contributed by atoms with Crippen LogP contribution in [0.5, 0.6) is 0 Å². The maximum Gasteiger partial charge on any atom is 0.243 e. The van der Waals surface area contributed by atoms with Gasteiger partial charge in [0.25, 0.3) is 0 Å². The van der Waals surface area contributed by atoms with Gasteiger partial charge in [0.15, 0.2) is 0 Å². The average molecular weight is 333 g/mol. The number of likely N-dealkylation sites (N-methyl/N-ethyl adjacent to an activating group) is 1. The first-order valence-corrected chi connectivity index (χ1v) is 8.47. The van der Waals surface area contributed by atoms with Gasteiger partial charge in [0.05, 0.1) is 11.4 Å². The van der Waals surface area contributed by atoms with E-state index < -0.39 is 10.0 Å². The summed E-state index contributed by atoms with van der Waals surface area (Å²) < 4.78 is 25.6. The number of nitrogens with one attached hydrogen (secondary N) is 1. The predicted octanol–water partition coefficient (Wildman–Crippen LogP) is 2.12. The molecule has 1 amide bonds. The molecule has 0 aliphatic carbocycles. The molecule has 1 N–H and O–H groups in total. The van der Waals surface area contributed by atoms with Crippen molar-refractivity contribution >= 4 is 27.5 Å². The molecule has 1 atom stereocenters. The SMILES string of the molecule is CC(C)C(C)NC(=O)CN(C)S(=O)(=O)c1ccc(Cl)cc1. The number of hydrogen-bond donors (Lipinski definition) is 1. The van der Waals surface area contributed by atoms with E-state index >= 15 is 0 Å². The standard InChI is InChI=1S/C14H21ClN2O3S/c1-10(2)11(3)16-14(18)9-17(4)21(19,20)13-7-5-12(15)6-8-13/h5-8,10-11H,9H2,1-4H3,(H,16,18). The molecule has 1 rings (SSSR count). The van der Waals surface area contributed by atoms with Gasteiger partial charge in [0, 0.05) is 18.1 Å².